The number of urea groups is 1. The van der Waals surface area contributed by atoms with Gasteiger partial charge in [-0.3, -0.25) is 0 Å². The summed E-state index contributed by atoms with van der Waals surface area (Å²) in [6.07, 6.45) is 0. The highest BCUT2D eigenvalue weighted by Gasteiger charge is 2.52. The molecule has 3 rings (SSSR count). The van der Waals surface area contributed by atoms with Gasteiger partial charge in [0.15, 0.2) is 0 Å². The first-order valence-corrected chi connectivity index (χ1v) is 13.0. The topological polar surface area (TPSA) is 58.4 Å². The number of primary amides is 1. The first-order chi connectivity index (χ1) is 15.3. The second kappa shape index (κ2) is 9.79. The molecule has 3 unspecified atom stereocenters. The lowest BCUT2D eigenvalue weighted by Gasteiger charge is -2.46. The Labute approximate surface area is 208 Å². The molecule has 33 heavy (non-hydrogen) atoms. The zero-order chi connectivity index (χ0) is 24.6. The molecule has 0 spiro atoms. The highest BCUT2D eigenvalue weighted by Crippen LogP contribution is 2.59. The maximum atomic E-state index is 11.6. The predicted molar refractivity (Wildman–Crippen MR) is 143 cm³/mol. The van der Waals surface area contributed by atoms with E-state index in [1.807, 2.05) is 23.9 Å². The van der Waals surface area contributed by atoms with Gasteiger partial charge >= 0.3 is 6.03 Å². The first kappa shape index (κ1) is 25.8. The van der Waals surface area contributed by atoms with Gasteiger partial charge in [-0.2, -0.15) is 0 Å². The third kappa shape index (κ3) is 5.63. The van der Waals surface area contributed by atoms with Gasteiger partial charge in [0.05, 0.1) is 10.8 Å². The van der Waals surface area contributed by atoms with E-state index in [0.29, 0.717) is 12.5 Å². The molecule has 2 aromatic carbocycles. The van der Waals surface area contributed by atoms with Gasteiger partial charge in [0.25, 0.3) is 0 Å². The number of hydrogen-bond donors (Lipinski definition) is 2. The Morgan fingerprint density at radius 1 is 1.18 bits per heavy atom. The van der Waals surface area contributed by atoms with Gasteiger partial charge in [-0.05, 0) is 53.6 Å². The summed E-state index contributed by atoms with van der Waals surface area (Å²) >= 11 is 8.17. The quantitative estimate of drug-likeness (QED) is 0.437. The number of hydrogen-bond acceptors (Lipinski definition) is 3. The van der Waals surface area contributed by atoms with Crippen molar-refractivity contribution in [3.05, 3.63) is 64.2 Å². The molecule has 6 heteroatoms. The minimum absolute atomic E-state index is 0.0736. The lowest BCUT2D eigenvalue weighted by molar-refractivity contribution is 0.240. The average molecular weight is 488 g/mol. The molecular formula is C27H38ClN3OS. The van der Waals surface area contributed by atoms with Gasteiger partial charge in [0.2, 0.25) is 0 Å². The van der Waals surface area contributed by atoms with Crippen molar-refractivity contribution in [1.82, 2.24) is 5.32 Å². The van der Waals surface area contributed by atoms with Crippen LogP contribution in [0.2, 0.25) is 5.02 Å². The Morgan fingerprint density at radius 2 is 1.82 bits per heavy atom. The number of fused-ring (bicyclic) bond motifs is 1. The van der Waals surface area contributed by atoms with Gasteiger partial charge in [-0.25, -0.2) is 4.79 Å². The van der Waals surface area contributed by atoms with E-state index in [2.05, 4.69) is 89.0 Å². The molecule has 4 nitrogen and oxygen atoms in total. The Hall–Kier alpha value is -1.85. The van der Waals surface area contributed by atoms with E-state index >= 15 is 0 Å². The van der Waals surface area contributed by atoms with Crippen LogP contribution in [0.25, 0.3) is 0 Å². The van der Waals surface area contributed by atoms with Gasteiger partial charge in [0.1, 0.15) is 0 Å². The predicted octanol–water partition coefficient (Wildman–Crippen LogP) is 7.12. The summed E-state index contributed by atoms with van der Waals surface area (Å²) in [5, 5.41) is 3.84. The summed E-state index contributed by atoms with van der Waals surface area (Å²) in [6, 6.07) is 14.6. The van der Waals surface area contributed by atoms with Gasteiger partial charge in [-0.15, -0.1) is 11.8 Å². The van der Waals surface area contributed by atoms with Crippen molar-refractivity contribution in [2.75, 3.05) is 11.4 Å². The fourth-order valence-electron chi connectivity index (χ4n) is 4.65. The maximum absolute atomic E-state index is 11.6. The molecule has 3 atom stereocenters. The van der Waals surface area contributed by atoms with Gasteiger partial charge in [0, 0.05) is 28.5 Å². The number of nitrogens with one attached hydrogen (secondary N) is 1. The van der Waals surface area contributed by atoms with Crippen molar-refractivity contribution in [1.29, 1.82) is 0 Å². The second-order valence-electron chi connectivity index (χ2n) is 10.7. The molecule has 0 radical (unpaired) electrons. The first-order valence-electron chi connectivity index (χ1n) is 11.7. The van der Waals surface area contributed by atoms with Crippen LogP contribution in [-0.2, 0) is 6.54 Å². The molecular weight excluding hydrogens is 450 g/mol. The second-order valence-corrected chi connectivity index (χ2v) is 13.0. The van der Waals surface area contributed by atoms with Crippen LogP contribution in [0.4, 0.5) is 10.5 Å². The maximum Gasteiger partial charge on any atom is 0.312 e. The van der Waals surface area contributed by atoms with Crippen LogP contribution in [0.1, 0.15) is 76.3 Å². The Kier molecular flexibility index (Phi) is 7.65. The normalized spacial score (nSPS) is 21.2. The Balaban J connectivity index is 2.15. The Bertz CT molecular complexity index is 986. The van der Waals surface area contributed by atoms with Crippen molar-refractivity contribution in [2.24, 2.45) is 11.7 Å². The van der Waals surface area contributed by atoms with Crippen molar-refractivity contribution in [2.45, 2.75) is 76.5 Å². The number of rotatable bonds is 7. The third-order valence-corrected chi connectivity index (χ3v) is 8.64. The number of carbonyl (C=O) groups excluding carboxylic acids is 1. The fourth-order valence-corrected chi connectivity index (χ4v) is 6.40. The van der Waals surface area contributed by atoms with E-state index in [1.165, 1.54) is 22.4 Å². The molecule has 2 amide bonds. The standard InChI is InChI=1S/C27H38ClN3OS/c1-17(2)20-10-13-23-22(14-20)24(33-26(4,5)6)27(7,18(3)15-30-25(29)32)31(23)16-19-8-11-21(28)12-9-19/h8-14,17-18,24H,15-16H2,1-7H3,(H3,29,30,32). The number of anilines is 1. The van der Waals surface area contributed by atoms with Gasteiger partial charge < -0.3 is 16.0 Å². The zero-order valence-corrected chi connectivity index (χ0v) is 22.5. The fraction of sp³-hybridized carbons (Fsp3) is 0.519. The molecule has 2 aromatic rings. The molecule has 0 aromatic heterocycles. The number of benzene rings is 2. The summed E-state index contributed by atoms with van der Waals surface area (Å²) in [4.78, 5) is 14.1. The van der Waals surface area contributed by atoms with E-state index in [4.69, 9.17) is 17.3 Å². The third-order valence-electron chi connectivity index (χ3n) is 6.71. The number of nitrogens with zero attached hydrogens (tertiary/aromatic N) is 1. The molecule has 1 aliphatic rings. The minimum Gasteiger partial charge on any atom is -0.360 e. The molecule has 0 bridgehead atoms. The minimum atomic E-state index is -0.479. The van der Waals surface area contributed by atoms with E-state index in [-0.39, 0.29) is 21.5 Å². The van der Waals surface area contributed by atoms with Crippen LogP contribution in [0, 0.1) is 5.92 Å². The Morgan fingerprint density at radius 3 is 2.36 bits per heavy atom. The van der Waals surface area contributed by atoms with Crippen LogP contribution in [0.3, 0.4) is 0 Å². The summed E-state index contributed by atoms with van der Waals surface area (Å²) in [6.45, 7) is 17.2. The van der Waals surface area contributed by atoms with Crippen LogP contribution in [0.15, 0.2) is 42.5 Å². The van der Waals surface area contributed by atoms with Crippen LogP contribution in [-0.4, -0.2) is 22.9 Å². The van der Waals surface area contributed by atoms with Crippen molar-refractivity contribution >= 4 is 35.1 Å². The number of thioether (sulfide) groups is 1. The smallest absolute Gasteiger partial charge is 0.312 e. The average Bonchev–Trinajstić information content (AvgIpc) is 2.95. The number of amides is 2. The number of nitrogens with two attached hydrogens (primary N) is 1. The lowest BCUT2D eigenvalue weighted by Crippen LogP contribution is -2.54. The summed E-state index contributed by atoms with van der Waals surface area (Å²) in [7, 11) is 0. The van der Waals surface area contributed by atoms with E-state index in [9.17, 15) is 4.79 Å². The molecule has 0 saturated heterocycles. The van der Waals surface area contributed by atoms with Crippen molar-refractivity contribution in [3.8, 4) is 0 Å². The highest BCUT2D eigenvalue weighted by atomic mass is 35.5. The molecule has 0 aliphatic carbocycles. The highest BCUT2D eigenvalue weighted by molar-refractivity contribution is 8.00. The summed E-state index contributed by atoms with van der Waals surface area (Å²) < 4.78 is 0.0736. The largest absolute Gasteiger partial charge is 0.360 e. The zero-order valence-electron chi connectivity index (χ0n) is 20.9. The number of halogens is 1. The summed E-state index contributed by atoms with van der Waals surface area (Å²) in [5.41, 5.74) is 10.4. The molecule has 0 saturated carbocycles. The number of carbonyl (C=O) groups is 1. The van der Waals surface area contributed by atoms with E-state index in [0.717, 1.165) is 11.6 Å². The van der Waals surface area contributed by atoms with Crippen LogP contribution >= 0.6 is 23.4 Å². The van der Waals surface area contributed by atoms with E-state index in [1.54, 1.807) is 0 Å². The van der Waals surface area contributed by atoms with Crippen molar-refractivity contribution < 1.29 is 4.79 Å². The molecule has 1 heterocycles. The van der Waals surface area contributed by atoms with Crippen molar-refractivity contribution in [3.63, 3.8) is 0 Å². The molecule has 0 fully saturated rings. The van der Waals surface area contributed by atoms with Crippen LogP contribution in [0.5, 0.6) is 0 Å². The SMILES string of the molecule is CC(C)c1ccc2c(c1)C(SC(C)(C)C)C(C)(C(C)CNC(N)=O)N2Cc1ccc(Cl)cc1. The van der Waals surface area contributed by atoms with Gasteiger partial charge in [-0.1, -0.05) is 77.4 Å². The molecule has 1 aliphatic heterocycles. The monoisotopic (exact) mass is 487 g/mol. The van der Waals surface area contributed by atoms with E-state index < -0.39 is 6.03 Å². The lowest BCUT2D eigenvalue weighted by atomic mass is 9.82. The molecule has 3 N–H and O–H groups in total. The van der Waals surface area contributed by atoms with Crippen LogP contribution < -0.4 is 16.0 Å². The molecule has 180 valence electrons. The summed E-state index contributed by atoms with van der Waals surface area (Å²) in [5.74, 6) is 0.619.